The van der Waals surface area contributed by atoms with Gasteiger partial charge >= 0.3 is 0 Å². The molecule has 2 aromatic carbocycles. The van der Waals surface area contributed by atoms with Gasteiger partial charge in [-0.25, -0.2) is 0 Å². The Morgan fingerprint density at radius 1 is 0.955 bits per heavy atom. The van der Waals surface area contributed by atoms with Crippen molar-refractivity contribution >= 4 is 17.4 Å². The molecule has 0 unspecified atom stereocenters. The molecule has 0 saturated carbocycles. The smallest absolute Gasteiger partial charge is 0.221 e. The Bertz CT molecular complexity index is 695. The largest absolute Gasteiger partial charge is 0.493 e. The molecule has 0 aliphatic carbocycles. The minimum absolute atomic E-state index is 0.203. The van der Waals surface area contributed by atoms with E-state index in [9.17, 15) is 9.59 Å². The van der Waals surface area contributed by atoms with Crippen LogP contribution in [0.3, 0.4) is 0 Å². The van der Waals surface area contributed by atoms with Gasteiger partial charge in [0.15, 0.2) is 17.3 Å². The van der Waals surface area contributed by atoms with Crippen molar-refractivity contribution in [3.8, 4) is 11.5 Å². The summed E-state index contributed by atoms with van der Waals surface area (Å²) in [5.74, 6) is 0.395. The Balaban J connectivity index is 2.56. The fourth-order valence-electron chi connectivity index (χ4n) is 2.10. The van der Waals surface area contributed by atoms with Gasteiger partial charge in [0.25, 0.3) is 0 Å². The van der Waals surface area contributed by atoms with Gasteiger partial charge in [0.05, 0.1) is 25.5 Å². The predicted octanol–water partition coefficient (Wildman–Crippen LogP) is 2.89. The summed E-state index contributed by atoms with van der Waals surface area (Å²) >= 11 is 0. The third kappa shape index (κ3) is 3.25. The van der Waals surface area contributed by atoms with Crippen LogP contribution >= 0.6 is 0 Å². The van der Waals surface area contributed by atoms with Crippen LogP contribution in [-0.2, 0) is 4.79 Å². The fraction of sp³-hybridized carbons (Fsp3) is 0.176. The van der Waals surface area contributed by atoms with Crippen LogP contribution in [0.25, 0.3) is 0 Å². The van der Waals surface area contributed by atoms with Crippen molar-refractivity contribution < 1.29 is 19.1 Å². The molecule has 2 rings (SSSR count). The van der Waals surface area contributed by atoms with Gasteiger partial charge in [-0.3, -0.25) is 9.59 Å². The van der Waals surface area contributed by atoms with Crippen LogP contribution in [0.5, 0.6) is 11.5 Å². The Labute approximate surface area is 128 Å². The monoisotopic (exact) mass is 299 g/mol. The molecule has 0 aliphatic heterocycles. The zero-order chi connectivity index (χ0) is 16.1. The number of carbonyl (C=O) groups excluding carboxylic acids is 2. The molecule has 5 heteroatoms. The number of carbonyl (C=O) groups is 2. The molecule has 22 heavy (non-hydrogen) atoms. The van der Waals surface area contributed by atoms with Gasteiger partial charge in [-0.05, 0) is 6.07 Å². The summed E-state index contributed by atoms with van der Waals surface area (Å²) < 4.78 is 10.4. The van der Waals surface area contributed by atoms with E-state index in [4.69, 9.17) is 9.47 Å². The second kappa shape index (κ2) is 6.76. The van der Waals surface area contributed by atoms with Gasteiger partial charge in [-0.1, -0.05) is 30.3 Å². The zero-order valence-corrected chi connectivity index (χ0v) is 12.7. The molecule has 114 valence electrons. The van der Waals surface area contributed by atoms with Crippen LogP contribution in [0.2, 0.25) is 0 Å². The summed E-state index contributed by atoms with van der Waals surface area (Å²) in [5.41, 5.74) is 1.26. The summed E-state index contributed by atoms with van der Waals surface area (Å²) in [6, 6.07) is 12.0. The average Bonchev–Trinajstić information content (AvgIpc) is 2.54. The molecular formula is C17H17NO4. The topological polar surface area (TPSA) is 64.6 Å². The van der Waals surface area contributed by atoms with Crippen LogP contribution in [0.4, 0.5) is 5.69 Å². The molecule has 0 saturated heterocycles. The molecule has 5 nitrogen and oxygen atoms in total. The molecule has 1 amide bonds. The van der Waals surface area contributed by atoms with Crippen molar-refractivity contribution in [1.82, 2.24) is 0 Å². The van der Waals surface area contributed by atoms with Crippen molar-refractivity contribution in [3.05, 3.63) is 53.6 Å². The predicted molar refractivity (Wildman–Crippen MR) is 83.7 cm³/mol. The first-order valence-electron chi connectivity index (χ1n) is 6.70. The molecular weight excluding hydrogens is 282 g/mol. The van der Waals surface area contributed by atoms with Gasteiger partial charge < -0.3 is 14.8 Å². The van der Waals surface area contributed by atoms with E-state index in [0.717, 1.165) is 0 Å². The van der Waals surface area contributed by atoms with E-state index in [2.05, 4.69) is 5.32 Å². The molecule has 1 N–H and O–H groups in total. The van der Waals surface area contributed by atoms with E-state index in [1.807, 2.05) is 6.07 Å². The van der Waals surface area contributed by atoms with Gasteiger partial charge in [0.2, 0.25) is 5.91 Å². The van der Waals surface area contributed by atoms with E-state index in [1.165, 1.54) is 21.1 Å². The van der Waals surface area contributed by atoms with E-state index in [1.54, 1.807) is 36.4 Å². The third-order valence-electron chi connectivity index (χ3n) is 3.12. The number of ether oxygens (including phenoxy) is 2. The average molecular weight is 299 g/mol. The number of rotatable bonds is 5. The van der Waals surface area contributed by atoms with Crippen molar-refractivity contribution in [2.45, 2.75) is 6.92 Å². The summed E-state index contributed by atoms with van der Waals surface area (Å²) in [5, 5.41) is 2.65. The molecule has 0 atom stereocenters. The lowest BCUT2D eigenvalue weighted by molar-refractivity contribution is -0.114. The van der Waals surface area contributed by atoms with Crippen molar-refractivity contribution in [2.24, 2.45) is 0 Å². The first-order valence-corrected chi connectivity index (χ1v) is 6.70. The van der Waals surface area contributed by atoms with Crippen LogP contribution in [0.1, 0.15) is 22.8 Å². The Morgan fingerprint density at radius 2 is 1.55 bits per heavy atom. The summed E-state index contributed by atoms with van der Waals surface area (Å²) in [6.07, 6.45) is 0. The summed E-state index contributed by atoms with van der Waals surface area (Å²) in [6.45, 7) is 1.38. The lowest BCUT2D eigenvalue weighted by Crippen LogP contribution is -2.12. The molecule has 0 bridgehead atoms. The van der Waals surface area contributed by atoms with Crippen molar-refractivity contribution in [1.29, 1.82) is 0 Å². The second-order valence-electron chi connectivity index (χ2n) is 4.63. The second-order valence-corrected chi connectivity index (χ2v) is 4.63. The molecule has 0 fully saturated rings. The fourth-order valence-corrected chi connectivity index (χ4v) is 2.10. The number of ketones is 1. The lowest BCUT2D eigenvalue weighted by atomic mass is 10.0. The highest BCUT2D eigenvalue weighted by atomic mass is 16.5. The number of anilines is 1. The summed E-state index contributed by atoms with van der Waals surface area (Å²) in [4.78, 5) is 24.1. The first-order chi connectivity index (χ1) is 10.6. The maximum Gasteiger partial charge on any atom is 0.221 e. The van der Waals surface area contributed by atoms with Crippen molar-refractivity contribution in [2.75, 3.05) is 19.5 Å². The highest BCUT2D eigenvalue weighted by Gasteiger charge is 2.18. The van der Waals surface area contributed by atoms with Crippen molar-refractivity contribution in [3.63, 3.8) is 0 Å². The molecule has 0 aromatic heterocycles. The third-order valence-corrected chi connectivity index (χ3v) is 3.12. The highest BCUT2D eigenvalue weighted by molar-refractivity contribution is 6.14. The van der Waals surface area contributed by atoms with E-state index in [0.29, 0.717) is 28.3 Å². The quantitative estimate of drug-likeness (QED) is 0.862. The Kier molecular flexibility index (Phi) is 4.78. The highest BCUT2D eigenvalue weighted by Crippen LogP contribution is 2.34. The molecule has 0 spiro atoms. The van der Waals surface area contributed by atoms with E-state index >= 15 is 0 Å². The number of hydrogen-bond donors (Lipinski definition) is 1. The van der Waals surface area contributed by atoms with Gasteiger partial charge in [-0.2, -0.15) is 0 Å². The minimum Gasteiger partial charge on any atom is -0.493 e. The molecule has 2 aromatic rings. The van der Waals surface area contributed by atoms with Crippen LogP contribution in [-0.4, -0.2) is 25.9 Å². The zero-order valence-electron chi connectivity index (χ0n) is 12.7. The maximum absolute atomic E-state index is 12.7. The van der Waals surface area contributed by atoms with Crippen LogP contribution in [0.15, 0.2) is 42.5 Å². The van der Waals surface area contributed by atoms with E-state index in [-0.39, 0.29) is 11.7 Å². The Morgan fingerprint density at radius 3 is 2.09 bits per heavy atom. The molecule has 0 heterocycles. The standard InChI is InChI=1S/C17H17NO4/c1-11(19)18-14-10-16(22-3)15(21-2)9-13(14)17(20)12-7-5-4-6-8-12/h4-10H,1-3H3,(H,18,19). The number of nitrogens with one attached hydrogen (secondary N) is 1. The lowest BCUT2D eigenvalue weighted by Gasteiger charge is -2.14. The SMILES string of the molecule is COc1cc(NC(C)=O)c(C(=O)c2ccccc2)cc1OC. The van der Waals surface area contributed by atoms with Gasteiger partial charge in [-0.15, -0.1) is 0 Å². The molecule has 0 aliphatic rings. The van der Waals surface area contributed by atoms with E-state index < -0.39 is 0 Å². The number of amides is 1. The first kappa shape index (κ1) is 15.6. The number of benzene rings is 2. The summed E-state index contributed by atoms with van der Waals surface area (Å²) in [7, 11) is 2.99. The Hall–Kier alpha value is -2.82. The molecule has 0 radical (unpaired) electrons. The normalized spacial score (nSPS) is 9.95. The number of methoxy groups -OCH3 is 2. The minimum atomic E-state index is -0.269. The maximum atomic E-state index is 12.7. The number of hydrogen-bond acceptors (Lipinski definition) is 4. The van der Waals surface area contributed by atoms with Crippen LogP contribution < -0.4 is 14.8 Å². The van der Waals surface area contributed by atoms with Crippen LogP contribution in [0, 0.1) is 0 Å². The van der Waals surface area contributed by atoms with Gasteiger partial charge in [0, 0.05) is 18.6 Å². The van der Waals surface area contributed by atoms with Gasteiger partial charge in [0.1, 0.15) is 0 Å².